The normalized spacial score (nSPS) is 25.5. The van der Waals surface area contributed by atoms with Gasteiger partial charge in [-0.2, -0.15) is 25.3 Å². The molecule has 0 bridgehead atoms. The van der Waals surface area contributed by atoms with Crippen LogP contribution in [0.5, 0.6) is 0 Å². The Balaban J connectivity index is 0.000000330. The Hall–Kier alpha value is -0.720. The summed E-state index contributed by atoms with van der Waals surface area (Å²) in [7, 11) is 0. The van der Waals surface area contributed by atoms with Crippen LogP contribution in [0.15, 0.2) is 0 Å². The fourth-order valence-electron chi connectivity index (χ4n) is 3.45. The number of halogens is 4. The van der Waals surface area contributed by atoms with Gasteiger partial charge < -0.3 is 20.1 Å². The van der Waals surface area contributed by atoms with Crippen LogP contribution in [0.25, 0.3) is 0 Å². The monoisotopic (exact) mass is 508 g/mol. The molecular formula is C20H32F4O6S2. The molecule has 0 spiro atoms. The van der Waals surface area contributed by atoms with E-state index in [0.29, 0.717) is 0 Å². The Kier molecular flexibility index (Phi) is 9.41. The predicted molar refractivity (Wildman–Crippen MR) is 116 cm³/mol. The van der Waals surface area contributed by atoms with E-state index >= 15 is 0 Å². The van der Waals surface area contributed by atoms with Gasteiger partial charge in [-0.1, -0.05) is 0 Å². The quantitative estimate of drug-likeness (QED) is 0.224. The third kappa shape index (κ3) is 8.57. The molecule has 6 nitrogen and oxygen atoms in total. The summed E-state index contributed by atoms with van der Waals surface area (Å²) in [6.07, 6.45) is -2.55. The lowest BCUT2D eigenvalue weighted by atomic mass is 9.80. The lowest BCUT2D eigenvalue weighted by Crippen LogP contribution is -2.50. The Morgan fingerprint density at radius 3 is 1.38 bits per heavy atom. The smallest absolute Gasteiger partial charge is 0.322 e. The van der Waals surface area contributed by atoms with E-state index in [9.17, 15) is 37.4 Å². The second-order valence-electron chi connectivity index (χ2n) is 9.60. The molecule has 0 amide bonds. The largest absolute Gasteiger partial charge is 0.480 e. The van der Waals surface area contributed by atoms with E-state index in [2.05, 4.69) is 25.3 Å². The molecule has 2 aliphatic rings. The number of carbonyl (C=O) groups excluding carboxylic acids is 1. The number of thiol groups is 2. The van der Waals surface area contributed by atoms with Gasteiger partial charge in [-0.3, -0.25) is 9.59 Å². The molecule has 2 saturated carbocycles. The van der Waals surface area contributed by atoms with Crippen molar-refractivity contribution in [1.82, 2.24) is 0 Å². The van der Waals surface area contributed by atoms with E-state index in [4.69, 9.17) is 9.84 Å². The number of hydrogen-bond donors (Lipinski definition) is 5. The number of carboxylic acids is 1. The van der Waals surface area contributed by atoms with Crippen LogP contribution in [-0.2, 0) is 14.3 Å². The molecule has 0 radical (unpaired) electrons. The van der Waals surface area contributed by atoms with E-state index in [-0.39, 0.29) is 25.7 Å². The average molecular weight is 509 g/mol. The molecule has 0 aromatic carbocycles. The van der Waals surface area contributed by atoms with Crippen LogP contribution < -0.4 is 0 Å². The Morgan fingerprint density at radius 1 is 0.781 bits per heavy atom. The van der Waals surface area contributed by atoms with Crippen molar-refractivity contribution in [3.63, 3.8) is 0 Å². The topological polar surface area (TPSA) is 104 Å². The van der Waals surface area contributed by atoms with Gasteiger partial charge in [0.05, 0.1) is 11.2 Å². The lowest BCUT2D eigenvalue weighted by Gasteiger charge is -2.39. The number of ether oxygens (including phenoxy) is 1. The van der Waals surface area contributed by atoms with Gasteiger partial charge in [0.1, 0.15) is 16.1 Å². The fraction of sp³-hybridized carbons (Fsp3) is 0.900. The van der Waals surface area contributed by atoms with Crippen molar-refractivity contribution in [2.45, 2.75) is 111 Å². The third-order valence-corrected chi connectivity index (χ3v) is 6.97. The minimum Gasteiger partial charge on any atom is -0.480 e. The number of rotatable bonds is 4. The number of esters is 1. The molecule has 188 valence electrons. The Bertz CT molecular complexity index is 663. The Morgan fingerprint density at radius 2 is 1.09 bits per heavy atom. The van der Waals surface area contributed by atoms with Gasteiger partial charge in [0.2, 0.25) is 11.8 Å². The van der Waals surface area contributed by atoms with Gasteiger partial charge in [-0.25, -0.2) is 17.6 Å². The van der Waals surface area contributed by atoms with E-state index in [0.717, 1.165) is 0 Å². The highest BCUT2D eigenvalue weighted by Crippen LogP contribution is 2.42. The summed E-state index contributed by atoms with van der Waals surface area (Å²) in [6, 6.07) is 0. The fourth-order valence-corrected chi connectivity index (χ4v) is 4.02. The van der Waals surface area contributed by atoms with Crippen LogP contribution in [0.2, 0.25) is 0 Å². The highest BCUT2D eigenvalue weighted by Gasteiger charge is 2.49. The van der Waals surface area contributed by atoms with Crippen LogP contribution in [0.3, 0.4) is 0 Å². The molecule has 2 fully saturated rings. The molecule has 0 heterocycles. The first-order chi connectivity index (χ1) is 14.2. The summed E-state index contributed by atoms with van der Waals surface area (Å²) >= 11 is 7.77. The van der Waals surface area contributed by atoms with E-state index in [1.165, 1.54) is 0 Å². The molecule has 3 N–H and O–H groups in total. The molecule has 2 aliphatic carbocycles. The van der Waals surface area contributed by atoms with Crippen molar-refractivity contribution in [3.8, 4) is 0 Å². The minimum atomic E-state index is -2.78. The lowest BCUT2D eigenvalue weighted by molar-refractivity contribution is -0.164. The van der Waals surface area contributed by atoms with Crippen LogP contribution in [-0.4, -0.2) is 66.4 Å². The van der Waals surface area contributed by atoms with E-state index < -0.39 is 76.8 Å². The second-order valence-corrected chi connectivity index (χ2v) is 10.6. The van der Waals surface area contributed by atoms with Gasteiger partial charge in [-0.15, -0.1) is 0 Å². The number of carbonyl (C=O) groups is 2. The van der Waals surface area contributed by atoms with Crippen LogP contribution >= 0.6 is 25.3 Å². The van der Waals surface area contributed by atoms with Crippen molar-refractivity contribution < 1.29 is 47.2 Å². The zero-order valence-electron chi connectivity index (χ0n) is 18.3. The number of alkyl halides is 4. The number of aliphatic hydroxyl groups is 2. The Labute approximate surface area is 195 Å². The third-order valence-electron chi connectivity index (χ3n) is 5.58. The second kappa shape index (κ2) is 10.3. The standard InChI is InChI=1S/C12H20F2O3S.C8H12F2O3S/c1-10(2,3)17-9(15)8(18)11(16)4-6-12(13,14)7-5-11;9-8(10)3-1-7(13,2-4-8)5(14)6(11)12/h8,16,18H,4-7H2,1-3H3;5,13-14H,1-4H2,(H,11,12). The summed E-state index contributed by atoms with van der Waals surface area (Å²) in [6.45, 7) is 5.10. The summed E-state index contributed by atoms with van der Waals surface area (Å²) in [5.41, 5.74) is -3.79. The van der Waals surface area contributed by atoms with Crippen molar-refractivity contribution in [2.24, 2.45) is 0 Å². The van der Waals surface area contributed by atoms with Crippen LogP contribution in [0, 0.1) is 0 Å². The molecule has 0 aliphatic heterocycles. The summed E-state index contributed by atoms with van der Waals surface area (Å²) in [5.74, 6) is -7.48. The maximum Gasteiger partial charge on any atom is 0.322 e. The zero-order valence-corrected chi connectivity index (χ0v) is 20.1. The van der Waals surface area contributed by atoms with E-state index in [1.54, 1.807) is 20.8 Å². The summed E-state index contributed by atoms with van der Waals surface area (Å²) < 4.78 is 56.6. The SMILES string of the molecule is CC(C)(C)OC(=O)C(S)C1(O)CCC(F)(F)CC1.O=C(O)C(S)C1(O)CCC(F)(F)CC1. The predicted octanol–water partition coefficient (Wildman–Crippen LogP) is 3.88. The zero-order chi connectivity index (χ0) is 25.2. The molecule has 2 rings (SSSR count). The first kappa shape index (κ1) is 29.3. The number of carboxylic acid groups (broad SMARTS) is 1. The van der Waals surface area contributed by atoms with Crippen molar-refractivity contribution in [1.29, 1.82) is 0 Å². The van der Waals surface area contributed by atoms with Gasteiger partial charge in [-0.05, 0) is 46.5 Å². The van der Waals surface area contributed by atoms with Gasteiger partial charge >= 0.3 is 11.9 Å². The van der Waals surface area contributed by atoms with Gasteiger partial charge in [0.15, 0.2) is 0 Å². The van der Waals surface area contributed by atoms with Gasteiger partial charge in [0.25, 0.3) is 0 Å². The number of hydrogen-bond acceptors (Lipinski definition) is 7. The average Bonchev–Trinajstić information content (AvgIpc) is 2.65. The maximum absolute atomic E-state index is 13.0. The maximum atomic E-state index is 13.0. The molecular weight excluding hydrogens is 476 g/mol. The molecule has 12 heteroatoms. The molecule has 2 unspecified atom stereocenters. The van der Waals surface area contributed by atoms with Crippen molar-refractivity contribution in [3.05, 3.63) is 0 Å². The van der Waals surface area contributed by atoms with Crippen molar-refractivity contribution in [2.75, 3.05) is 0 Å². The number of aliphatic carboxylic acids is 1. The molecule has 2 atom stereocenters. The summed E-state index contributed by atoms with van der Waals surface area (Å²) in [5, 5.41) is 26.2. The van der Waals surface area contributed by atoms with Crippen LogP contribution in [0.4, 0.5) is 17.6 Å². The molecule has 0 aromatic rings. The van der Waals surface area contributed by atoms with Crippen molar-refractivity contribution >= 4 is 37.2 Å². The van der Waals surface area contributed by atoms with Crippen LogP contribution in [0.1, 0.15) is 72.1 Å². The van der Waals surface area contributed by atoms with Gasteiger partial charge in [0, 0.05) is 25.7 Å². The highest BCUT2D eigenvalue weighted by atomic mass is 32.1. The molecule has 32 heavy (non-hydrogen) atoms. The highest BCUT2D eigenvalue weighted by molar-refractivity contribution is 7.82. The first-order valence-electron chi connectivity index (χ1n) is 10.2. The minimum absolute atomic E-state index is 0.145. The first-order valence-corrected chi connectivity index (χ1v) is 11.3. The molecule has 0 saturated heterocycles. The summed E-state index contributed by atoms with van der Waals surface area (Å²) in [4.78, 5) is 22.3. The van der Waals surface area contributed by atoms with E-state index in [1.807, 2.05) is 0 Å². The molecule has 0 aromatic heterocycles.